The molecule has 2 aromatic rings. The predicted molar refractivity (Wildman–Crippen MR) is 88.3 cm³/mol. The predicted octanol–water partition coefficient (Wildman–Crippen LogP) is 3.66. The molecular formula is C18H16N2O2Si. The maximum atomic E-state index is 9.28. The molecule has 23 heavy (non-hydrogen) atoms. The smallest absolute Gasteiger partial charge is 0.507 e. The Balaban J connectivity index is 2.16. The van der Waals surface area contributed by atoms with E-state index in [-0.39, 0.29) is 10.0 Å². The van der Waals surface area contributed by atoms with E-state index in [9.17, 15) is 10.5 Å². The van der Waals surface area contributed by atoms with Crippen LogP contribution >= 0.6 is 0 Å². The summed E-state index contributed by atoms with van der Waals surface area (Å²) in [6.07, 6.45) is 0. The average Bonchev–Trinajstić information content (AvgIpc) is 2.54. The van der Waals surface area contributed by atoms with E-state index in [1.54, 1.807) is 12.1 Å². The van der Waals surface area contributed by atoms with Crippen molar-refractivity contribution in [2.45, 2.75) is 27.7 Å². The van der Waals surface area contributed by atoms with Crippen molar-refractivity contribution >= 4 is 10.0 Å². The number of rotatable bonds is 4. The largest absolute Gasteiger partial charge is 0.610 e. The molecule has 0 unspecified atom stereocenters. The topological polar surface area (TPSA) is 66.0 Å². The lowest BCUT2D eigenvalue weighted by molar-refractivity contribution is 0.457. The molecule has 0 saturated heterocycles. The molecule has 0 aliphatic rings. The van der Waals surface area contributed by atoms with Crippen LogP contribution in [0.2, 0.25) is 0 Å². The van der Waals surface area contributed by atoms with E-state index in [1.165, 1.54) is 0 Å². The van der Waals surface area contributed by atoms with Crippen molar-refractivity contribution in [3.05, 3.63) is 57.6 Å². The standard InChI is InChI=1S/C18H16N2O2Si/c1-11-5-7-17(15(9-19)13(11)3)21-23-22-18-8-6-12(2)14(4)16(18)10-20/h5-8H,1-4H3. The quantitative estimate of drug-likeness (QED) is 0.806. The summed E-state index contributed by atoms with van der Waals surface area (Å²) in [6, 6.07) is 11.7. The second-order valence-corrected chi connectivity index (χ2v) is 5.85. The van der Waals surface area contributed by atoms with Crippen LogP contribution in [-0.4, -0.2) is 10.0 Å². The second kappa shape index (κ2) is 7.00. The molecule has 4 nitrogen and oxygen atoms in total. The molecule has 0 heterocycles. The molecule has 0 aliphatic heterocycles. The number of benzene rings is 2. The minimum atomic E-state index is -0.330. The average molecular weight is 320 g/mol. The van der Waals surface area contributed by atoms with Gasteiger partial charge in [-0.15, -0.1) is 0 Å². The molecule has 0 atom stereocenters. The lowest BCUT2D eigenvalue weighted by atomic mass is 10.0. The molecular weight excluding hydrogens is 304 g/mol. The van der Waals surface area contributed by atoms with Gasteiger partial charge in [0, 0.05) is 0 Å². The second-order valence-electron chi connectivity index (χ2n) is 5.27. The Morgan fingerprint density at radius 3 is 1.48 bits per heavy atom. The summed E-state index contributed by atoms with van der Waals surface area (Å²) < 4.78 is 11.2. The Bertz CT molecular complexity index is 763. The van der Waals surface area contributed by atoms with Crippen LogP contribution in [0, 0.1) is 50.4 Å². The van der Waals surface area contributed by atoms with E-state index in [2.05, 4.69) is 12.1 Å². The van der Waals surface area contributed by atoms with Crippen LogP contribution < -0.4 is 8.85 Å². The van der Waals surface area contributed by atoms with Crippen molar-refractivity contribution in [1.82, 2.24) is 0 Å². The van der Waals surface area contributed by atoms with E-state index < -0.39 is 0 Å². The van der Waals surface area contributed by atoms with Crippen molar-refractivity contribution in [2.75, 3.05) is 0 Å². The van der Waals surface area contributed by atoms with Gasteiger partial charge in [0.05, 0.1) is 11.1 Å². The first-order valence-corrected chi connectivity index (χ1v) is 7.90. The van der Waals surface area contributed by atoms with Gasteiger partial charge in [0.2, 0.25) is 0 Å². The molecule has 2 rings (SSSR count). The molecule has 0 aliphatic carbocycles. The third-order valence-corrected chi connectivity index (χ3v) is 4.53. The van der Waals surface area contributed by atoms with E-state index >= 15 is 0 Å². The maximum absolute atomic E-state index is 9.28. The fraction of sp³-hybridized carbons (Fsp3) is 0.222. The molecule has 5 heteroatoms. The summed E-state index contributed by atoms with van der Waals surface area (Å²) in [5.74, 6) is 0.993. The van der Waals surface area contributed by atoms with Gasteiger partial charge in [-0.2, -0.15) is 10.5 Å². The molecule has 0 N–H and O–H groups in total. The van der Waals surface area contributed by atoms with E-state index in [0.717, 1.165) is 22.3 Å². The van der Waals surface area contributed by atoms with Gasteiger partial charge in [-0.3, -0.25) is 0 Å². The summed E-state index contributed by atoms with van der Waals surface area (Å²) in [7, 11) is -0.330. The highest BCUT2D eigenvalue weighted by Gasteiger charge is 2.13. The number of aryl methyl sites for hydroxylation is 2. The fourth-order valence-corrected chi connectivity index (χ4v) is 2.70. The van der Waals surface area contributed by atoms with Gasteiger partial charge in [0.1, 0.15) is 23.6 Å². The summed E-state index contributed by atoms with van der Waals surface area (Å²) in [4.78, 5) is 0. The number of hydrogen-bond acceptors (Lipinski definition) is 4. The molecule has 114 valence electrons. The molecule has 0 spiro atoms. The van der Waals surface area contributed by atoms with E-state index in [1.807, 2.05) is 39.8 Å². The van der Waals surface area contributed by atoms with Gasteiger partial charge in [-0.25, -0.2) is 0 Å². The van der Waals surface area contributed by atoms with Crippen LogP contribution in [0.5, 0.6) is 11.5 Å². The van der Waals surface area contributed by atoms with Crippen LogP contribution in [-0.2, 0) is 0 Å². The maximum Gasteiger partial charge on any atom is 0.610 e. The van der Waals surface area contributed by atoms with Gasteiger partial charge in [-0.1, -0.05) is 12.1 Å². The van der Waals surface area contributed by atoms with Gasteiger partial charge >= 0.3 is 10.0 Å². The number of hydrogen-bond donors (Lipinski definition) is 0. The minimum absolute atomic E-state index is 0.330. The zero-order chi connectivity index (χ0) is 17.0. The highest BCUT2D eigenvalue weighted by atomic mass is 28.3. The summed E-state index contributed by atoms with van der Waals surface area (Å²) in [5.41, 5.74) is 4.92. The van der Waals surface area contributed by atoms with Crippen LogP contribution in [0.25, 0.3) is 0 Å². The number of nitrogens with zero attached hydrogens (tertiary/aromatic N) is 2. The normalized spacial score (nSPS) is 9.83. The van der Waals surface area contributed by atoms with E-state index in [0.29, 0.717) is 22.6 Å². The van der Waals surface area contributed by atoms with Crippen LogP contribution in [0.3, 0.4) is 0 Å². The summed E-state index contributed by atoms with van der Waals surface area (Å²) >= 11 is 0. The Labute approximate surface area is 139 Å². The molecule has 2 aromatic carbocycles. The van der Waals surface area contributed by atoms with Crippen molar-refractivity contribution in [3.8, 4) is 23.6 Å². The lowest BCUT2D eigenvalue weighted by Gasteiger charge is -2.12. The van der Waals surface area contributed by atoms with Gasteiger partial charge in [0.15, 0.2) is 0 Å². The summed E-state index contributed by atoms with van der Waals surface area (Å²) in [6.45, 7) is 7.68. The van der Waals surface area contributed by atoms with E-state index in [4.69, 9.17) is 8.85 Å². The highest BCUT2D eigenvalue weighted by Crippen LogP contribution is 2.26. The Kier molecular flexibility index (Phi) is 5.05. The first-order chi connectivity index (χ1) is 11.0. The minimum Gasteiger partial charge on any atom is -0.507 e. The van der Waals surface area contributed by atoms with Crippen LogP contribution in [0.4, 0.5) is 0 Å². The van der Waals surface area contributed by atoms with Crippen molar-refractivity contribution in [2.24, 2.45) is 0 Å². The fourth-order valence-electron chi connectivity index (χ4n) is 2.14. The third-order valence-electron chi connectivity index (χ3n) is 3.92. The lowest BCUT2D eigenvalue weighted by Crippen LogP contribution is -2.13. The molecule has 0 bridgehead atoms. The first kappa shape index (κ1) is 16.6. The summed E-state index contributed by atoms with van der Waals surface area (Å²) in [5, 5.41) is 18.6. The van der Waals surface area contributed by atoms with Crippen molar-refractivity contribution in [1.29, 1.82) is 10.5 Å². The van der Waals surface area contributed by atoms with Crippen molar-refractivity contribution in [3.63, 3.8) is 0 Å². The third kappa shape index (κ3) is 3.36. The molecule has 0 amide bonds. The van der Waals surface area contributed by atoms with Crippen LogP contribution in [0.1, 0.15) is 33.4 Å². The first-order valence-electron chi connectivity index (χ1n) is 7.09. The Morgan fingerprint density at radius 1 is 0.739 bits per heavy atom. The SMILES string of the molecule is Cc1ccc(O[Si]Oc2ccc(C)c(C)c2C#N)c(C#N)c1C. The zero-order valence-corrected chi connectivity index (χ0v) is 14.5. The van der Waals surface area contributed by atoms with Crippen molar-refractivity contribution < 1.29 is 8.85 Å². The molecule has 0 fully saturated rings. The molecule has 2 radical (unpaired) electrons. The molecule has 0 aromatic heterocycles. The molecule has 0 saturated carbocycles. The highest BCUT2D eigenvalue weighted by molar-refractivity contribution is 6.21. The van der Waals surface area contributed by atoms with Gasteiger partial charge < -0.3 is 8.85 Å². The van der Waals surface area contributed by atoms with Gasteiger partial charge in [-0.05, 0) is 62.1 Å². The van der Waals surface area contributed by atoms with Gasteiger partial charge in [0.25, 0.3) is 0 Å². The monoisotopic (exact) mass is 320 g/mol. The Morgan fingerprint density at radius 2 is 1.13 bits per heavy atom. The Hall–Kier alpha value is -2.76. The van der Waals surface area contributed by atoms with Crippen LogP contribution in [0.15, 0.2) is 24.3 Å². The number of nitriles is 2. The zero-order valence-electron chi connectivity index (χ0n) is 13.5.